The molecule has 0 heterocycles. The number of nitrogens with two attached hydrogens (primary N) is 1. The minimum absolute atomic E-state index is 0.0517. The van der Waals surface area contributed by atoms with E-state index in [0.29, 0.717) is 13.0 Å². The van der Waals surface area contributed by atoms with E-state index in [9.17, 15) is 9.90 Å². The third-order valence-corrected chi connectivity index (χ3v) is 3.01. The highest BCUT2D eigenvalue weighted by Gasteiger charge is 2.17. The fourth-order valence-corrected chi connectivity index (χ4v) is 1.86. The van der Waals surface area contributed by atoms with Crippen LogP contribution in [0.1, 0.15) is 12.0 Å². The Morgan fingerprint density at radius 2 is 2.05 bits per heavy atom. The third kappa shape index (κ3) is 5.28. The molecule has 0 aliphatic heterocycles. The Bertz CT molecular complexity index is 392. The zero-order chi connectivity index (χ0) is 14.3. The van der Waals surface area contributed by atoms with E-state index in [4.69, 9.17) is 5.73 Å². The molecular formula is C14H23N3O2. The zero-order valence-corrected chi connectivity index (χ0v) is 11.6. The van der Waals surface area contributed by atoms with Gasteiger partial charge in [-0.3, -0.25) is 4.79 Å². The van der Waals surface area contributed by atoms with Gasteiger partial charge in [0.15, 0.2) is 0 Å². The molecule has 0 aliphatic carbocycles. The maximum absolute atomic E-state index is 12.0. The van der Waals surface area contributed by atoms with Gasteiger partial charge in [-0.15, -0.1) is 0 Å². The topological polar surface area (TPSA) is 78.6 Å². The lowest BCUT2D eigenvalue weighted by Gasteiger charge is -2.21. The second-order valence-electron chi connectivity index (χ2n) is 4.69. The van der Waals surface area contributed by atoms with Gasteiger partial charge in [-0.1, -0.05) is 12.1 Å². The molecule has 0 fully saturated rings. The summed E-state index contributed by atoms with van der Waals surface area (Å²) >= 11 is 0. The maximum Gasteiger partial charge on any atom is 0.239 e. The van der Waals surface area contributed by atoms with Crippen molar-refractivity contribution in [1.29, 1.82) is 0 Å². The molecule has 1 amide bonds. The van der Waals surface area contributed by atoms with Gasteiger partial charge in [-0.05, 0) is 44.1 Å². The number of rotatable bonds is 7. The van der Waals surface area contributed by atoms with Crippen LogP contribution in [0.3, 0.4) is 0 Å². The minimum atomic E-state index is -0.538. The van der Waals surface area contributed by atoms with Gasteiger partial charge < -0.3 is 21.1 Å². The highest BCUT2D eigenvalue weighted by molar-refractivity contribution is 5.81. The van der Waals surface area contributed by atoms with Crippen molar-refractivity contribution in [2.45, 2.75) is 18.9 Å². The number of nitrogens with one attached hydrogen (secondary N) is 1. The summed E-state index contributed by atoms with van der Waals surface area (Å²) in [6.07, 6.45) is 1.39. The fraction of sp³-hybridized carbons (Fsp3) is 0.500. The van der Waals surface area contributed by atoms with Crippen LogP contribution in [-0.4, -0.2) is 49.1 Å². The van der Waals surface area contributed by atoms with Crippen molar-refractivity contribution >= 4 is 5.91 Å². The largest absolute Gasteiger partial charge is 0.508 e. The van der Waals surface area contributed by atoms with Gasteiger partial charge in [0.05, 0.1) is 6.04 Å². The van der Waals surface area contributed by atoms with Gasteiger partial charge in [0, 0.05) is 13.6 Å². The van der Waals surface area contributed by atoms with Crippen LogP contribution in [0.15, 0.2) is 24.3 Å². The molecule has 0 saturated heterocycles. The number of nitrogens with zero attached hydrogens (tertiary/aromatic N) is 1. The highest BCUT2D eigenvalue weighted by Crippen LogP contribution is 2.11. The van der Waals surface area contributed by atoms with Crippen molar-refractivity contribution in [3.63, 3.8) is 0 Å². The Kier molecular flexibility index (Phi) is 6.32. The molecule has 1 aromatic rings. The van der Waals surface area contributed by atoms with E-state index in [1.807, 2.05) is 7.05 Å². The Morgan fingerprint density at radius 1 is 1.42 bits per heavy atom. The minimum Gasteiger partial charge on any atom is -0.508 e. The molecule has 0 spiro atoms. The number of phenolic OH excluding ortho intramolecular Hbond substituents is 1. The average Bonchev–Trinajstić information content (AvgIpc) is 2.40. The molecule has 1 atom stereocenters. The molecule has 0 aliphatic rings. The lowest BCUT2D eigenvalue weighted by molar-refractivity contribution is -0.131. The second-order valence-corrected chi connectivity index (χ2v) is 4.69. The predicted molar refractivity (Wildman–Crippen MR) is 76.0 cm³/mol. The number of benzene rings is 1. The Hall–Kier alpha value is -1.59. The van der Waals surface area contributed by atoms with Crippen LogP contribution in [0.4, 0.5) is 0 Å². The summed E-state index contributed by atoms with van der Waals surface area (Å²) in [6.45, 7) is 1.58. The Morgan fingerprint density at radius 3 is 2.63 bits per heavy atom. The average molecular weight is 265 g/mol. The van der Waals surface area contributed by atoms with E-state index in [0.717, 1.165) is 18.5 Å². The summed E-state index contributed by atoms with van der Waals surface area (Å²) in [7, 11) is 3.66. The molecule has 0 saturated carbocycles. The standard InChI is InChI=1S/C14H23N3O2/c1-16-8-3-9-17(2)14(19)13(15)10-11-4-6-12(18)7-5-11/h4-7,13,16,18H,3,8-10,15H2,1-2H3/t13-/m0/s1. The smallest absolute Gasteiger partial charge is 0.239 e. The number of amides is 1. The van der Waals surface area contributed by atoms with Crippen LogP contribution in [0.25, 0.3) is 0 Å². The predicted octanol–water partition coefficient (Wildman–Crippen LogP) is 0.330. The summed E-state index contributed by atoms with van der Waals surface area (Å²) in [5.74, 6) is 0.164. The van der Waals surface area contributed by atoms with Gasteiger partial charge >= 0.3 is 0 Å². The fourth-order valence-electron chi connectivity index (χ4n) is 1.86. The molecule has 106 valence electrons. The van der Waals surface area contributed by atoms with Gasteiger partial charge in [-0.25, -0.2) is 0 Å². The first kappa shape index (κ1) is 15.5. The summed E-state index contributed by atoms with van der Waals surface area (Å²) in [4.78, 5) is 13.7. The van der Waals surface area contributed by atoms with Crippen molar-refractivity contribution < 1.29 is 9.90 Å². The van der Waals surface area contributed by atoms with Crippen LogP contribution in [0.2, 0.25) is 0 Å². The molecular weight excluding hydrogens is 242 g/mol. The lowest BCUT2D eigenvalue weighted by Crippen LogP contribution is -2.43. The third-order valence-electron chi connectivity index (χ3n) is 3.01. The first-order chi connectivity index (χ1) is 9.04. The number of phenols is 1. The molecule has 5 heteroatoms. The Balaban J connectivity index is 2.45. The number of hydrogen-bond donors (Lipinski definition) is 3. The van der Waals surface area contributed by atoms with E-state index in [1.165, 1.54) is 0 Å². The van der Waals surface area contributed by atoms with Gasteiger partial charge in [0.1, 0.15) is 5.75 Å². The normalized spacial score (nSPS) is 12.2. The molecule has 4 N–H and O–H groups in total. The number of aromatic hydroxyl groups is 1. The second kappa shape index (κ2) is 7.76. The SMILES string of the molecule is CNCCCN(C)C(=O)[C@@H](N)Cc1ccc(O)cc1. The van der Waals surface area contributed by atoms with Crippen molar-refractivity contribution in [2.75, 3.05) is 27.2 Å². The molecule has 0 radical (unpaired) electrons. The van der Waals surface area contributed by atoms with E-state index >= 15 is 0 Å². The van der Waals surface area contributed by atoms with Crippen molar-refractivity contribution in [3.05, 3.63) is 29.8 Å². The molecule has 0 aromatic heterocycles. The van der Waals surface area contributed by atoms with Gasteiger partial charge in [0.25, 0.3) is 0 Å². The van der Waals surface area contributed by atoms with Crippen molar-refractivity contribution in [3.8, 4) is 5.75 Å². The number of likely N-dealkylation sites (N-methyl/N-ethyl adjacent to an activating group) is 1. The van der Waals surface area contributed by atoms with Crippen LogP contribution in [0, 0.1) is 0 Å². The number of carbonyl (C=O) groups is 1. The zero-order valence-electron chi connectivity index (χ0n) is 11.6. The van der Waals surface area contributed by atoms with Crippen molar-refractivity contribution in [2.24, 2.45) is 5.73 Å². The van der Waals surface area contributed by atoms with Crippen LogP contribution in [0.5, 0.6) is 5.75 Å². The summed E-state index contributed by atoms with van der Waals surface area (Å²) in [6, 6.07) is 6.23. The van der Waals surface area contributed by atoms with Crippen LogP contribution >= 0.6 is 0 Å². The lowest BCUT2D eigenvalue weighted by atomic mass is 10.1. The van der Waals surface area contributed by atoms with E-state index in [2.05, 4.69) is 5.32 Å². The highest BCUT2D eigenvalue weighted by atomic mass is 16.3. The molecule has 19 heavy (non-hydrogen) atoms. The maximum atomic E-state index is 12.0. The van der Waals surface area contributed by atoms with Crippen LogP contribution < -0.4 is 11.1 Å². The van der Waals surface area contributed by atoms with E-state index < -0.39 is 6.04 Å². The molecule has 0 unspecified atom stereocenters. The molecule has 1 aromatic carbocycles. The number of carbonyl (C=O) groups excluding carboxylic acids is 1. The quantitative estimate of drug-likeness (QED) is 0.621. The molecule has 5 nitrogen and oxygen atoms in total. The Labute approximate surface area is 114 Å². The molecule has 1 rings (SSSR count). The first-order valence-electron chi connectivity index (χ1n) is 6.47. The van der Waals surface area contributed by atoms with Gasteiger partial charge in [0.2, 0.25) is 5.91 Å². The first-order valence-corrected chi connectivity index (χ1v) is 6.47. The van der Waals surface area contributed by atoms with E-state index in [1.54, 1.807) is 36.2 Å². The number of hydrogen-bond acceptors (Lipinski definition) is 4. The summed E-state index contributed by atoms with van der Waals surface area (Å²) < 4.78 is 0. The summed E-state index contributed by atoms with van der Waals surface area (Å²) in [5, 5.41) is 12.2. The van der Waals surface area contributed by atoms with Crippen molar-refractivity contribution in [1.82, 2.24) is 10.2 Å². The van der Waals surface area contributed by atoms with Crippen LogP contribution in [-0.2, 0) is 11.2 Å². The van der Waals surface area contributed by atoms with E-state index in [-0.39, 0.29) is 11.7 Å². The van der Waals surface area contributed by atoms with Gasteiger partial charge in [-0.2, -0.15) is 0 Å². The summed E-state index contributed by atoms with van der Waals surface area (Å²) in [5.41, 5.74) is 6.87. The molecule has 0 bridgehead atoms. The monoisotopic (exact) mass is 265 g/mol.